The molecular formula is C14H15N3OS. The fourth-order valence-electron chi connectivity index (χ4n) is 1.67. The van der Waals surface area contributed by atoms with Gasteiger partial charge in [-0.1, -0.05) is 12.1 Å². The van der Waals surface area contributed by atoms with Crippen LogP contribution >= 0.6 is 11.3 Å². The van der Waals surface area contributed by atoms with Crippen molar-refractivity contribution < 1.29 is 4.74 Å². The van der Waals surface area contributed by atoms with Gasteiger partial charge in [0, 0.05) is 31.1 Å². The van der Waals surface area contributed by atoms with Gasteiger partial charge in [-0.15, -0.1) is 11.3 Å². The lowest BCUT2D eigenvalue weighted by Gasteiger charge is -2.06. The van der Waals surface area contributed by atoms with Gasteiger partial charge in [-0.05, 0) is 17.7 Å². The number of hydrogen-bond acceptors (Lipinski definition) is 5. The van der Waals surface area contributed by atoms with Crippen molar-refractivity contribution in [1.29, 1.82) is 5.26 Å². The molecule has 4 nitrogen and oxygen atoms in total. The van der Waals surface area contributed by atoms with Crippen LogP contribution in [0.1, 0.15) is 10.6 Å². The number of nitrogens with zero attached hydrogens (tertiary/aromatic N) is 2. The van der Waals surface area contributed by atoms with Crippen LogP contribution in [0.2, 0.25) is 0 Å². The summed E-state index contributed by atoms with van der Waals surface area (Å²) in [5.74, 6) is 0.737. The first kappa shape index (κ1) is 13.5. The number of ether oxygens (including phenoxy) is 1. The Kier molecular flexibility index (Phi) is 5.35. The highest BCUT2D eigenvalue weighted by Crippen LogP contribution is 2.13. The van der Waals surface area contributed by atoms with Crippen molar-refractivity contribution in [2.75, 3.05) is 13.2 Å². The standard InChI is InChI=1S/C14H15N3OS/c15-5-8-18-13-3-1-2-12(10-13)11-16-6-4-14-17-7-9-19-14/h1-3,7,9-10,16H,4,6,8,11H2. The van der Waals surface area contributed by atoms with E-state index in [4.69, 9.17) is 10.00 Å². The molecule has 2 rings (SSSR count). The lowest BCUT2D eigenvalue weighted by atomic mass is 10.2. The van der Waals surface area contributed by atoms with E-state index in [2.05, 4.69) is 10.3 Å². The molecule has 0 saturated carbocycles. The molecule has 2 aromatic rings. The van der Waals surface area contributed by atoms with Crippen LogP contribution in [0.15, 0.2) is 35.8 Å². The van der Waals surface area contributed by atoms with Gasteiger partial charge in [-0.2, -0.15) is 5.26 Å². The number of benzene rings is 1. The maximum absolute atomic E-state index is 8.47. The number of hydrogen-bond donors (Lipinski definition) is 1. The Hall–Kier alpha value is -1.90. The molecule has 0 aliphatic rings. The molecule has 0 fully saturated rings. The third-order valence-electron chi connectivity index (χ3n) is 2.53. The molecule has 1 aromatic carbocycles. The fourth-order valence-corrected chi connectivity index (χ4v) is 2.29. The first-order chi connectivity index (χ1) is 9.38. The molecule has 0 aliphatic heterocycles. The second kappa shape index (κ2) is 7.52. The van der Waals surface area contributed by atoms with Crippen LogP contribution in [0.4, 0.5) is 0 Å². The second-order valence-electron chi connectivity index (χ2n) is 3.95. The summed E-state index contributed by atoms with van der Waals surface area (Å²) in [7, 11) is 0. The van der Waals surface area contributed by atoms with Crippen molar-refractivity contribution in [3.8, 4) is 11.8 Å². The van der Waals surface area contributed by atoms with Gasteiger partial charge in [0.2, 0.25) is 0 Å². The van der Waals surface area contributed by atoms with Crippen LogP contribution < -0.4 is 10.1 Å². The molecule has 1 aromatic heterocycles. The van der Waals surface area contributed by atoms with E-state index in [1.54, 1.807) is 11.3 Å². The molecule has 0 radical (unpaired) electrons. The number of thiazole rings is 1. The molecule has 98 valence electrons. The van der Waals surface area contributed by atoms with Gasteiger partial charge in [-0.3, -0.25) is 0 Å². The first-order valence-corrected chi connectivity index (χ1v) is 6.94. The van der Waals surface area contributed by atoms with E-state index in [1.165, 1.54) is 0 Å². The zero-order chi connectivity index (χ0) is 13.3. The van der Waals surface area contributed by atoms with E-state index >= 15 is 0 Å². The molecule has 1 N–H and O–H groups in total. The maximum atomic E-state index is 8.47. The molecule has 0 spiro atoms. The van der Waals surface area contributed by atoms with E-state index in [-0.39, 0.29) is 6.61 Å². The molecule has 0 saturated heterocycles. The summed E-state index contributed by atoms with van der Waals surface area (Å²) < 4.78 is 5.26. The Morgan fingerprint density at radius 1 is 1.42 bits per heavy atom. The summed E-state index contributed by atoms with van der Waals surface area (Å²) in [5, 5.41) is 15.0. The molecule has 0 amide bonds. The smallest absolute Gasteiger partial charge is 0.174 e. The Morgan fingerprint density at radius 3 is 3.16 bits per heavy atom. The van der Waals surface area contributed by atoms with Gasteiger partial charge in [-0.25, -0.2) is 4.98 Å². The minimum Gasteiger partial charge on any atom is -0.479 e. The summed E-state index contributed by atoms with van der Waals surface area (Å²) in [6, 6.07) is 9.74. The number of aromatic nitrogens is 1. The summed E-state index contributed by atoms with van der Waals surface area (Å²) in [5.41, 5.74) is 1.15. The third-order valence-corrected chi connectivity index (χ3v) is 3.37. The Balaban J connectivity index is 1.74. The SMILES string of the molecule is N#CCOc1cccc(CNCCc2nccs2)c1. The van der Waals surface area contributed by atoms with E-state index < -0.39 is 0 Å². The van der Waals surface area contributed by atoms with Gasteiger partial charge < -0.3 is 10.1 Å². The number of rotatable bonds is 7. The van der Waals surface area contributed by atoms with Crippen molar-refractivity contribution in [3.05, 3.63) is 46.4 Å². The highest BCUT2D eigenvalue weighted by atomic mass is 32.1. The fraction of sp³-hybridized carbons (Fsp3) is 0.286. The zero-order valence-electron chi connectivity index (χ0n) is 10.5. The molecular weight excluding hydrogens is 258 g/mol. The Labute approximate surface area is 116 Å². The highest BCUT2D eigenvalue weighted by Gasteiger charge is 1.98. The molecule has 0 bridgehead atoms. The van der Waals surface area contributed by atoms with Crippen LogP contribution in [0.25, 0.3) is 0 Å². The normalized spacial score (nSPS) is 10.1. The van der Waals surface area contributed by atoms with E-state index in [9.17, 15) is 0 Å². The second-order valence-corrected chi connectivity index (χ2v) is 4.93. The van der Waals surface area contributed by atoms with Crippen LogP contribution in [0.3, 0.4) is 0 Å². The molecule has 0 unspecified atom stereocenters. The first-order valence-electron chi connectivity index (χ1n) is 6.06. The van der Waals surface area contributed by atoms with E-state index in [0.29, 0.717) is 0 Å². The third kappa shape index (κ3) is 4.70. The minimum atomic E-state index is 0.0843. The van der Waals surface area contributed by atoms with Gasteiger partial charge in [0.15, 0.2) is 6.61 Å². The molecule has 0 aliphatic carbocycles. The average Bonchev–Trinajstić information content (AvgIpc) is 2.95. The van der Waals surface area contributed by atoms with Gasteiger partial charge in [0.05, 0.1) is 5.01 Å². The number of nitrogens with one attached hydrogen (secondary N) is 1. The summed E-state index contributed by atoms with van der Waals surface area (Å²) in [6.07, 6.45) is 2.78. The van der Waals surface area contributed by atoms with Crippen molar-refractivity contribution in [2.24, 2.45) is 0 Å². The van der Waals surface area contributed by atoms with Crippen LogP contribution in [0, 0.1) is 11.3 Å². The van der Waals surface area contributed by atoms with Crippen LogP contribution in [-0.4, -0.2) is 18.1 Å². The van der Waals surface area contributed by atoms with E-state index in [0.717, 1.165) is 35.8 Å². The lowest BCUT2D eigenvalue weighted by molar-refractivity contribution is 0.367. The summed E-state index contributed by atoms with van der Waals surface area (Å²) in [4.78, 5) is 4.24. The largest absolute Gasteiger partial charge is 0.479 e. The average molecular weight is 273 g/mol. The lowest BCUT2D eigenvalue weighted by Crippen LogP contribution is -2.16. The minimum absolute atomic E-state index is 0.0843. The van der Waals surface area contributed by atoms with Gasteiger partial charge in [0.25, 0.3) is 0 Å². The van der Waals surface area contributed by atoms with Crippen molar-refractivity contribution >= 4 is 11.3 Å². The topological polar surface area (TPSA) is 57.9 Å². The highest BCUT2D eigenvalue weighted by molar-refractivity contribution is 7.09. The van der Waals surface area contributed by atoms with Gasteiger partial charge in [0.1, 0.15) is 11.8 Å². The maximum Gasteiger partial charge on any atom is 0.174 e. The zero-order valence-corrected chi connectivity index (χ0v) is 11.3. The predicted octanol–water partition coefficient (Wildman–Crippen LogP) is 2.38. The quantitative estimate of drug-likeness (QED) is 0.787. The van der Waals surface area contributed by atoms with Crippen LogP contribution in [0.5, 0.6) is 5.75 Å². The predicted molar refractivity (Wildman–Crippen MR) is 75.1 cm³/mol. The van der Waals surface area contributed by atoms with Crippen molar-refractivity contribution in [1.82, 2.24) is 10.3 Å². The van der Waals surface area contributed by atoms with Crippen molar-refractivity contribution in [3.63, 3.8) is 0 Å². The number of nitriles is 1. The molecule has 1 heterocycles. The molecule has 19 heavy (non-hydrogen) atoms. The summed E-state index contributed by atoms with van der Waals surface area (Å²) in [6.45, 7) is 1.77. The van der Waals surface area contributed by atoms with Gasteiger partial charge >= 0.3 is 0 Å². The van der Waals surface area contributed by atoms with Crippen LogP contribution in [-0.2, 0) is 13.0 Å². The monoisotopic (exact) mass is 273 g/mol. The Bertz CT molecular complexity index is 534. The molecule has 0 atom stereocenters. The van der Waals surface area contributed by atoms with Crippen molar-refractivity contribution in [2.45, 2.75) is 13.0 Å². The summed E-state index contributed by atoms with van der Waals surface area (Å²) >= 11 is 1.68. The van der Waals surface area contributed by atoms with E-state index in [1.807, 2.05) is 41.9 Å². The Morgan fingerprint density at radius 2 is 2.37 bits per heavy atom. The molecule has 5 heteroatoms.